The van der Waals surface area contributed by atoms with Crippen molar-refractivity contribution in [1.82, 2.24) is 10.2 Å². The van der Waals surface area contributed by atoms with E-state index in [-0.39, 0.29) is 12.8 Å². The number of hydrogen-bond acceptors (Lipinski definition) is 2. The van der Waals surface area contributed by atoms with E-state index >= 15 is 0 Å². The van der Waals surface area contributed by atoms with Gasteiger partial charge < -0.3 is 0 Å². The van der Waals surface area contributed by atoms with Gasteiger partial charge >= 0.3 is 0 Å². The Balaban J connectivity index is 1.70. The Morgan fingerprint density at radius 2 is 2.21 bits per heavy atom. The van der Waals surface area contributed by atoms with E-state index in [0.717, 1.165) is 21.7 Å². The summed E-state index contributed by atoms with van der Waals surface area (Å²) in [6.45, 7) is 0. The first-order chi connectivity index (χ1) is 9.12. The number of alkyl halides is 2. The molecule has 100 valence electrons. The van der Waals surface area contributed by atoms with E-state index in [1.54, 1.807) is 0 Å². The second-order valence-electron chi connectivity index (χ2n) is 5.57. The van der Waals surface area contributed by atoms with E-state index in [9.17, 15) is 8.78 Å². The van der Waals surface area contributed by atoms with Crippen molar-refractivity contribution in [3.63, 3.8) is 0 Å². The van der Waals surface area contributed by atoms with E-state index in [2.05, 4.69) is 16.3 Å². The van der Waals surface area contributed by atoms with Gasteiger partial charge in [-0.2, -0.15) is 5.10 Å². The van der Waals surface area contributed by atoms with Crippen molar-refractivity contribution >= 4 is 11.3 Å². The summed E-state index contributed by atoms with van der Waals surface area (Å²) in [5.74, 6) is -1.89. The largest absolute Gasteiger partial charge is 0.282 e. The van der Waals surface area contributed by atoms with Gasteiger partial charge in [0.25, 0.3) is 5.92 Å². The zero-order valence-corrected chi connectivity index (χ0v) is 11.2. The first-order valence-corrected chi connectivity index (χ1v) is 7.53. The Labute approximate surface area is 113 Å². The number of nitrogens with zero attached hydrogens (tertiary/aromatic N) is 1. The minimum atomic E-state index is -2.53. The molecule has 2 aromatic rings. The Morgan fingerprint density at radius 1 is 1.37 bits per heavy atom. The van der Waals surface area contributed by atoms with Crippen LogP contribution in [-0.2, 0) is 12.8 Å². The zero-order valence-electron chi connectivity index (χ0n) is 10.4. The number of rotatable bonds is 2. The van der Waals surface area contributed by atoms with Crippen LogP contribution in [0.2, 0.25) is 0 Å². The molecule has 19 heavy (non-hydrogen) atoms. The first kappa shape index (κ1) is 11.6. The summed E-state index contributed by atoms with van der Waals surface area (Å²) in [6, 6.07) is 2.09. The third-order valence-corrected chi connectivity index (χ3v) is 5.06. The third-order valence-electron chi connectivity index (χ3n) is 4.03. The maximum Gasteiger partial charge on any atom is 0.253 e. The second-order valence-corrected chi connectivity index (χ2v) is 6.53. The normalized spacial score (nSPS) is 21.4. The molecule has 0 aromatic carbocycles. The highest BCUT2D eigenvalue weighted by Crippen LogP contribution is 2.43. The van der Waals surface area contributed by atoms with Crippen LogP contribution in [0.1, 0.15) is 41.3 Å². The van der Waals surface area contributed by atoms with Crippen LogP contribution in [-0.4, -0.2) is 16.1 Å². The van der Waals surface area contributed by atoms with Crippen molar-refractivity contribution in [3.8, 4) is 11.3 Å². The lowest BCUT2D eigenvalue weighted by atomic mass is 9.92. The lowest BCUT2D eigenvalue weighted by molar-refractivity contribution is -0.0111. The molecule has 1 N–H and O–H groups in total. The summed E-state index contributed by atoms with van der Waals surface area (Å²) in [7, 11) is 0. The maximum absolute atomic E-state index is 13.4. The molecule has 1 saturated carbocycles. The van der Waals surface area contributed by atoms with Crippen LogP contribution in [0.4, 0.5) is 8.78 Å². The molecule has 2 aliphatic rings. The van der Waals surface area contributed by atoms with Crippen LogP contribution in [0.25, 0.3) is 11.3 Å². The van der Waals surface area contributed by atoms with Crippen LogP contribution in [0, 0.1) is 0 Å². The minimum absolute atomic E-state index is 0.0381. The van der Waals surface area contributed by atoms with E-state index in [0.29, 0.717) is 12.3 Å². The monoisotopic (exact) mass is 280 g/mol. The van der Waals surface area contributed by atoms with Gasteiger partial charge in [-0.05, 0) is 30.9 Å². The fraction of sp³-hybridized carbons (Fsp3) is 0.500. The van der Waals surface area contributed by atoms with Gasteiger partial charge in [-0.3, -0.25) is 5.10 Å². The molecule has 2 aliphatic carbocycles. The zero-order chi connectivity index (χ0) is 13.0. The van der Waals surface area contributed by atoms with E-state index in [1.807, 2.05) is 5.38 Å². The highest BCUT2D eigenvalue weighted by molar-refractivity contribution is 7.10. The molecule has 0 amide bonds. The molecule has 4 rings (SSSR count). The topological polar surface area (TPSA) is 28.7 Å². The molecule has 0 atom stereocenters. The van der Waals surface area contributed by atoms with Crippen molar-refractivity contribution < 1.29 is 8.78 Å². The highest BCUT2D eigenvalue weighted by atomic mass is 32.1. The van der Waals surface area contributed by atoms with Crippen molar-refractivity contribution in [2.45, 2.75) is 43.9 Å². The molecule has 0 bridgehead atoms. The summed E-state index contributed by atoms with van der Waals surface area (Å²) in [6.07, 6.45) is 2.79. The minimum Gasteiger partial charge on any atom is -0.282 e. The third kappa shape index (κ3) is 2.00. The quantitative estimate of drug-likeness (QED) is 0.880. The van der Waals surface area contributed by atoms with Gasteiger partial charge in [0.15, 0.2) is 0 Å². The molecular formula is C14H14F2N2S. The molecule has 0 saturated heterocycles. The smallest absolute Gasteiger partial charge is 0.253 e. The SMILES string of the molecule is FC1(F)CCc2c(-c3cc(C4CC4)[nH]n3)csc2C1. The van der Waals surface area contributed by atoms with Gasteiger partial charge in [0, 0.05) is 40.3 Å². The molecule has 2 nitrogen and oxygen atoms in total. The van der Waals surface area contributed by atoms with Crippen molar-refractivity contribution in [1.29, 1.82) is 0 Å². The van der Waals surface area contributed by atoms with Gasteiger partial charge in [0.1, 0.15) is 0 Å². The van der Waals surface area contributed by atoms with Gasteiger partial charge in [-0.15, -0.1) is 11.3 Å². The molecule has 2 aromatic heterocycles. The predicted molar refractivity (Wildman–Crippen MR) is 70.8 cm³/mol. The van der Waals surface area contributed by atoms with Gasteiger partial charge in [-0.25, -0.2) is 8.78 Å². The number of hydrogen-bond donors (Lipinski definition) is 1. The van der Waals surface area contributed by atoms with Crippen molar-refractivity contribution in [2.75, 3.05) is 0 Å². The van der Waals surface area contributed by atoms with Crippen LogP contribution in [0.15, 0.2) is 11.4 Å². The second kappa shape index (κ2) is 3.88. The van der Waals surface area contributed by atoms with Gasteiger partial charge in [0.05, 0.1) is 5.69 Å². The molecule has 0 spiro atoms. The number of aromatic nitrogens is 2. The van der Waals surface area contributed by atoms with Crippen LogP contribution in [0.3, 0.4) is 0 Å². The standard InChI is InChI=1S/C14H14F2N2S/c15-14(16)4-3-9-10(7-19-13(9)6-14)12-5-11(17-18-12)8-1-2-8/h5,7-8H,1-4,6H2,(H,17,18). The van der Waals surface area contributed by atoms with E-state index < -0.39 is 5.92 Å². The number of H-pyrrole nitrogens is 1. The molecule has 0 unspecified atom stereocenters. The fourth-order valence-electron chi connectivity index (χ4n) is 2.77. The summed E-state index contributed by atoms with van der Waals surface area (Å²) < 4.78 is 26.8. The average molecular weight is 280 g/mol. The summed E-state index contributed by atoms with van der Waals surface area (Å²) >= 11 is 1.45. The number of fused-ring (bicyclic) bond motifs is 1. The van der Waals surface area contributed by atoms with Crippen LogP contribution >= 0.6 is 11.3 Å². The summed E-state index contributed by atoms with van der Waals surface area (Å²) in [5, 5.41) is 9.43. The fourth-order valence-corrected chi connectivity index (χ4v) is 3.94. The predicted octanol–water partition coefficient (Wildman–Crippen LogP) is 4.14. The Morgan fingerprint density at radius 3 is 3.00 bits per heavy atom. The maximum atomic E-state index is 13.4. The summed E-state index contributed by atoms with van der Waals surface area (Å²) in [4.78, 5) is 0.835. The number of nitrogens with one attached hydrogen (secondary N) is 1. The Hall–Kier alpha value is -1.23. The lowest BCUT2D eigenvalue weighted by Crippen LogP contribution is -2.24. The lowest BCUT2D eigenvalue weighted by Gasteiger charge is -2.22. The molecule has 5 heteroatoms. The van der Waals surface area contributed by atoms with Crippen LogP contribution < -0.4 is 0 Å². The Kier molecular flexibility index (Phi) is 2.37. The molecular weight excluding hydrogens is 266 g/mol. The van der Waals surface area contributed by atoms with Crippen molar-refractivity contribution in [3.05, 3.63) is 27.6 Å². The molecule has 1 fully saturated rings. The van der Waals surface area contributed by atoms with E-state index in [4.69, 9.17) is 0 Å². The molecule has 0 aliphatic heterocycles. The number of halogens is 2. The number of aromatic amines is 1. The van der Waals surface area contributed by atoms with Gasteiger partial charge in [-0.1, -0.05) is 0 Å². The van der Waals surface area contributed by atoms with Crippen molar-refractivity contribution in [2.24, 2.45) is 0 Å². The van der Waals surface area contributed by atoms with E-state index in [1.165, 1.54) is 29.9 Å². The molecule has 2 heterocycles. The average Bonchev–Trinajstić information content (AvgIpc) is 2.96. The summed E-state index contributed by atoms with van der Waals surface area (Å²) in [5.41, 5.74) is 4.25. The highest BCUT2D eigenvalue weighted by Gasteiger charge is 2.36. The Bertz CT molecular complexity index is 625. The first-order valence-electron chi connectivity index (χ1n) is 6.65. The van der Waals surface area contributed by atoms with Gasteiger partial charge in [0.2, 0.25) is 0 Å². The molecule has 0 radical (unpaired) electrons. The number of thiophene rings is 1. The van der Waals surface area contributed by atoms with Crippen LogP contribution in [0.5, 0.6) is 0 Å².